The van der Waals surface area contributed by atoms with Gasteiger partial charge in [0.05, 0.1) is 25.4 Å². The number of methoxy groups -OCH3 is 1. The van der Waals surface area contributed by atoms with Crippen molar-refractivity contribution in [2.75, 3.05) is 20.3 Å². The summed E-state index contributed by atoms with van der Waals surface area (Å²) in [5.74, 6) is -0.299. The molecule has 0 unspecified atom stereocenters. The van der Waals surface area contributed by atoms with Crippen molar-refractivity contribution in [2.45, 2.75) is 25.6 Å². The van der Waals surface area contributed by atoms with Crippen LogP contribution in [0.25, 0.3) is 0 Å². The number of aromatic carboxylic acids is 1. The van der Waals surface area contributed by atoms with Crippen LogP contribution in [0.15, 0.2) is 18.2 Å². The normalized spacial score (nSPS) is 16.3. The Bertz CT molecular complexity index is 437. The Morgan fingerprint density at radius 2 is 2.16 bits per heavy atom. The molecular weight excluding hydrogens is 248 g/mol. The molecule has 1 aliphatic rings. The summed E-state index contributed by atoms with van der Waals surface area (Å²) in [4.78, 5) is 11.0. The molecule has 5 heteroatoms. The van der Waals surface area contributed by atoms with Crippen LogP contribution in [0.4, 0.5) is 0 Å². The smallest absolute Gasteiger partial charge is 0.335 e. The quantitative estimate of drug-likeness (QED) is 0.884. The van der Waals surface area contributed by atoms with Gasteiger partial charge in [0.1, 0.15) is 5.75 Å². The van der Waals surface area contributed by atoms with E-state index in [4.69, 9.17) is 19.3 Å². The molecule has 0 aromatic heterocycles. The van der Waals surface area contributed by atoms with Crippen LogP contribution in [-0.4, -0.2) is 37.5 Å². The second-order valence-electron chi connectivity index (χ2n) is 4.45. The van der Waals surface area contributed by atoms with E-state index in [1.54, 1.807) is 19.2 Å². The molecule has 0 atom stereocenters. The molecule has 0 saturated carbocycles. The van der Waals surface area contributed by atoms with E-state index in [2.05, 4.69) is 0 Å². The zero-order valence-electron chi connectivity index (χ0n) is 10.9. The van der Waals surface area contributed by atoms with E-state index in [0.29, 0.717) is 12.4 Å². The van der Waals surface area contributed by atoms with E-state index in [-0.39, 0.29) is 11.7 Å². The number of carboxylic acids is 1. The van der Waals surface area contributed by atoms with Crippen LogP contribution in [0, 0.1) is 0 Å². The number of hydrogen-bond donors (Lipinski definition) is 1. The fraction of sp³-hybridized carbons (Fsp3) is 0.500. The minimum atomic E-state index is -0.949. The van der Waals surface area contributed by atoms with E-state index < -0.39 is 5.97 Å². The first-order valence-corrected chi connectivity index (χ1v) is 6.30. The standard InChI is InChI=1S/C14H18O5/c1-17-13-3-2-10(14(15)16)8-11(13)9-19-12-4-6-18-7-5-12/h2-3,8,12H,4-7,9H2,1H3,(H,15,16). The first-order chi connectivity index (χ1) is 9.20. The Kier molecular flexibility index (Phi) is 4.76. The van der Waals surface area contributed by atoms with Crippen molar-refractivity contribution in [1.82, 2.24) is 0 Å². The number of hydrogen-bond acceptors (Lipinski definition) is 4. The summed E-state index contributed by atoms with van der Waals surface area (Å²) in [5.41, 5.74) is 1.00. The molecule has 1 aliphatic heterocycles. The van der Waals surface area contributed by atoms with Crippen LogP contribution in [0.5, 0.6) is 5.75 Å². The zero-order valence-corrected chi connectivity index (χ0v) is 10.9. The van der Waals surface area contributed by atoms with Crippen LogP contribution in [-0.2, 0) is 16.1 Å². The molecule has 104 valence electrons. The van der Waals surface area contributed by atoms with Gasteiger partial charge in [0.25, 0.3) is 0 Å². The third-order valence-electron chi connectivity index (χ3n) is 3.17. The second kappa shape index (κ2) is 6.54. The summed E-state index contributed by atoms with van der Waals surface area (Å²) < 4.78 is 16.3. The maximum absolute atomic E-state index is 11.0. The van der Waals surface area contributed by atoms with Gasteiger partial charge >= 0.3 is 5.97 Å². The Balaban J connectivity index is 2.04. The zero-order chi connectivity index (χ0) is 13.7. The molecular formula is C14H18O5. The van der Waals surface area contributed by atoms with Gasteiger partial charge in [-0.05, 0) is 31.0 Å². The average molecular weight is 266 g/mol. The Morgan fingerprint density at radius 3 is 2.79 bits per heavy atom. The van der Waals surface area contributed by atoms with Crippen LogP contribution >= 0.6 is 0 Å². The lowest BCUT2D eigenvalue weighted by molar-refractivity contribution is -0.0394. The lowest BCUT2D eigenvalue weighted by Crippen LogP contribution is -2.23. The van der Waals surface area contributed by atoms with Gasteiger partial charge in [-0.2, -0.15) is 0 Å². The molecule has 1 fully saturated rings. The first-order valence-electron chi connectivity index (χ1n) is 6.30. The van der Waals surface area contributed by atoms with Gasteiger partial charge in [-0.3, -0.25) is 0 Å². The van der Waals surface area contributed by atoms with Crippen molar-refractivity contribution < 1.29 is 24.1 Å². The number of carboxylic acid groups (broad SMARTS) is 1. The Morgan fingerprint density at radius 1 is 1.42 bits per heavy atom. The molecule has 1 heterocycles. The minimum absolute atomic E-state index is 0.173. The summed E-state index contributed by atoms with van der Waals surface area (Å²) in [6.45, 7) is 1.79. The van der Waals surface area contributed by atoms with Gasteiger partial charge < -0.3 is 19.3 Å². The van der Waals surface area contributed by atoms with E-state index in [1.165, 1.54) is 6.07 Å². The van der Waals surface area contributed by atoms with Crippen LogP contribution in [0.1, 0.15) is 28.8 Å². The number of rotatable bonds is 5. The highest BCUT2D eigenvalue weighted by Gasteiger charge is 2.16. The van der Waals surface area contributed by atoms with Crippen LogP contribution < -0.4 is 4.74 Å². The molecule has 5 nitrogen and oxygen atoms in total. The van der Waals surface area contributed by atoms with Gasteiger partial charge in [-0.1, -0.05) is 0 Å². The molecule has 0 aliphatic carbocycles. The van der Waals surface area contributed by atoms with Gasteiger partial charge in [-0.15, -0.1) is 0 Å². The number of carbonyl (C=O) groups is 1. The third-order valence-corrected chi connectivity index (χ3v) is 3.17. The van der Waals surface area contributed by atoms with Crippen molar-refractivity contribution in [3.63, 3.8) is 0 Å². The molecule has 1 aromatic carbocycles. The fourth-order valence-electron chi connectivity index (χ4n) is 2.07. The summed E-state index contributed by atoms with van der Waals surface area (Å²) in [6, 6.07) is 4.78. The highest BCUT2D eigenvalue weighted by Crippen LogP contribution is 2.22. The molecule has 0 radical (unpaired) electrons. The summed E-state index contributed by atoms with van der Waals surface area (Å²) >= 11 is 0. The molecule has 2 rings (SSSR count). The van der Waals surface area contributed by atoms with E-state index in [1.807, 2.05) is 0 Å². The molecule has 0 bridgehead atoms. The second-order valence-corrected chi connectivity index (χ2v) is 4.45. The number of benzene rings is 1. The molecule has 1 aromatic rings. The van der Waals surface area contributed by atoms with E-state index >= 15 is 0 Å². The summed E-state index contributed by atoms with van der Waals surface area (Å²) in [5, 5.41) is 8.99. The minimum Gasteiger partial charge on any atom is -0.496 e. The first kappa shape index (κ1) is 13.8. The Labute approximate surface area is 112 Å². The fourth-order valence-corrected chi connectivity index (χ4v) is 2.07. The largest absolute Gasteiger partial charge is 0.496 e. The predicted octanol–water partition coefficient (Wildman–Crippen LogP) is 2.09. The van der Waals surface area contributed by atoms with Gasteiger partial charge in [-0.25, -0.2) is 4.79 Å². The summed E-state index contributed by atoms with van der Waals surface area (Å²) in [7, 11) is 1.56. The Hall–Kier alpha value is -1.59. The monoisotopic (exact) mass is 266 g/mol. The van der Waals surface area contributed by atoms with E-state index in [0.717, 1.165) is 31.6 Å². The lowest BCUT2D eigenvalue weighted by Gasteiger charge is -2.22. The average Bonchev–Trinajstić information content (AvgIpc) is 2.45. The molecule has 0 amide bonds. The van der Waals surface area contributed by atoms with Crippen molar-refractivity contribution in [2.24, 2.45) is 0 Å². The molecule has 1 N–H and O–H groups in total. The van der Waals surface area contributed by atoms with Crippen LogP contribution in [0.3, 0.4) is 0 Å². The number of ether oxygens (including phenoxy) is 3. The lowest BCUT2D eigenvalue weighted by atomic mass is 10.1. The van der Waals surface area contributed by atoms with Gasteiger partial charge in [0.15, 0.2) is 0 Å². The predicted molar refractivity (Wildman–Crippen MR) is 68.6 cm³/mol. The van der Waals surface area contributed by atoms with Crippen molar-refractivity contribution in [3.8, 4) is 5.75 Å². The summed E-state index contributed by atoms with van der Waals surface area (Å²) in [6.07, 6.45) is 1.92. The van der Waals surface area contributed by atoms with Gasteiger partial charge in [0.2, 0.25) is 0 Å². The maximum atomic E-state index is 11.0. The highest BCUT2D eigenvalue weighted by molar-refractivity contribution is 5.88. The SMILES string of the molecule is COc1ccc(C(=O)O)cc1COC1CCOCC1. The molecule has 19 heavy (non-hydrogen) atoms. The third kappa shape index (κ3) is 3.68. The van der Waals surface area contributed by atoms with Crippen molar-refractivity contribution in [3.05, 3.63) is 29.3 Å². The van der Waals surface area contributed by atoms with Crippen molar-refractivity contribution >= 4 is 5.97 Å². The molecule has 0 spiro atoms. The maximum Gasteiger partial charge on any atom is 0.335 e. The van der Waals surface area contributed by atoms with Crippen LogP contribution in [0.2, 0.25) is 0 Å². The topological polar surface area (TPSA) is 65.0 Å². The van der Waals surface area contributed by atoms with E-state index in [9.17, 15) is 4.79 Å². The van der Waals surface area contributed by atoms with Crippen molar-refractivity contribution in [1.29, 1.82) is 0 Å². The van der Waals surface area contributed by atoms with Gasteiger partial charge in [0, 0.05) is 18.8 Å². The molecule has 1 saturated heterocycles. The highest BCUT2D eigenvalue weighted by atomic mass is 16.5.